The molecule has 114 valence electrons. The Bertz CT molecular complexity index is 612. The van der Waals surface area contributed by atoms with Gasteiger partial charge in [-0.2, -0.15) is 0 Å². The molecule has 0 saturated carbocycles. The highest BCUT2D eigenvalue weighted by Crippen LogP contribution is 2.06. The van der Waals surface area contributed by atoms with Gasteiger partial charge in [0.05, 0.1) is 12.3 Å². The Morgan fingerprint density at radius 3 is 2.27 bits per heavy atom. The first kappa shape index (κ1) is 15.7. The number of hydroxylamine groups is 1. The van der Waals surface area contributed by atoms with E-state index in [9.17, 15) is 4.79 Å². The zero-order valence-electron chi connectivity index (χ0n) is 12.1. The SMILES string of the molecule is O=C(CC/C(=N/O)c1ccccc1)NOCc1ccccc1. The van der Waals surface area contributed by atoms with E-state index in [1.54, 1.807) is 0 Å². The van der Waals surface area contributed by atoms with Crippen LogP contribution in [-0.2, 0) is 16.2 Å². The van der Waals surface area contributed by atoms with E-state index in [4.69, 9.17) is 10.0 Å². The summed E-state index contributed by atoms with van der Waals surface area (Å²) in [7, 11) is 0. The van der Waals surface area contributed by atoms with Crippen molar-refractivity contribution in [3.8, 4) is 0 Å². The zero-order chi connectivity index (χ0) is 15.6. The smallest absolute Gasteiger partial charge is 0.243 e. The molecule has 0 aromatic heterocycles. The number of hydrogen-bond acceptors (Lipinski definition) is 4. The molecule has 2 rings (SSSR count). The Balaban J connectivity index is 1.73. The van der Waals surface area contributed by atoms with Gasteiger partial charge in [0, 0.05) is 12.8 Å². The lowest BCUT2D eigenvalue weighted by Gasteiger charge is -2.07. The molecule has 0 bridgehead atoms. The zero-order valence-corrected chi connectivity index (χ0v) is 12.1. The molecule has 2 aromatic rings. The maximum absolute atomic E-state index is 11.7. The molecule has 0 unspecified atom stereocenters. The Hall–Kier alpha value is -2.66. The second-order valence-electron chi connectivity index (χ2n) is 4.71. The van der Waals surface area contributed by atoms with Gasteiger partial charge in [0.2, 0.25) is 5.91 Å². The second kappa shape index (κ2) is 8.59. The van der Waals surface area contributed by atoms with Crippen molar-refractivity contribution in [3.05, 3.63) is 71.8 Å². The molecule has 0 spiro atoms. The summed E-state index contributed by atoms with van der Waals surface area (Å²) in [5.74, 6) is -0.256. The molecule has 5 nitrogen and oxygen atoms in total. The number of amides is 1. The molecule has 0 heterocycles. The number of carbonyl (C=O) groups excluding carboxylic acids is 1. The largest absolute Gasteiger partial charge is 0.411 e. The van der Waals surface area contributed by atoms with Crippen molar-refractivity contribution in [2.24, 2.45) is 5.16 Å². The summed E-state index contributed by atoms with van der Waals surface area (Å²) >= 11 is 0. The minimum Gasteiger partial charge on any atom is -0.411 e. The second-order valence-corrected chi connectivity index (χ2v) is 4.71. The first-order valence-corrected chi connectivity index (χ1v) is 7.00. The van der Waals surface area contributed by atoms with Gasteiger partial charge < -0.3 is 5.21 Å². The van der Waals surface area contributed by atoms with E-state index < -0.39 is 0 Å². The molecular weight excluding hydrogens is 280 g/mol. The molecule has 0 fully saturated rings. The van der Waals surface area contributed by atoms with Gasteiger partial charge in [-0.15, -0.1) is 0 Å². The molecule has 1 amide bonds. The van der Waals surface area contributed by atoms with Crippen molar-refractivity contribution in [2.75, 3.05) is 0 Å². The van der Waals surface area contributed by atoms with Crippen LogP contribution >= 0.6 is 0 Å². The Kier molecular flexibility index (Phi) is 6.14. The normalized spacial score (nSPS) is 11.2. The van der Waals surface area contributed by atoms with Crippen LogP contribution in [0.3, 0.4) is 0 Å². The van der Waals surface area contributed by atoms with Crippen molar-refractivity contribution in [1.29, 1.82) is 0 Å². The molecule has 0 aliphatic heterocycles. The predicted molar refractivity (Wildman–Crippen MR) is 83.4 cm³/mol. The number of oxime groups is 1. The third kappa shape index (κ3) is 5.03. The van der Waals surface area contributed by atoms with E-state index >= 15 is 0 Å². The van der Waals surface area contributed by atoms with E-state index in [0.29, 0.717) is 18.7 Å². The fourth-order valence-corrected chi connectivity index (χ4v) is 1.94. The standard InChI is InChI=1S/C17H18N2O3/c20-17(19-22-13-14-7-3-1-4-8-14)12-11-16(18-21)15-9-5-2-6-10-15/h1-10,21H,11-13H2,(H,19,20)/b18-16-. The molecule has 0 atom stereocenters. The van der Waals surface area contributed by atoms with Gasteiger partial charge >= 0.3 is 0 Å². The van der Waals surface area contributed by atoms with Crippen LogP contribution in [0.25, 0.3) is 0 Å². The number of nitrogens with one attached hydrogen (secondary N) is 1. The number of carbonyl (C=O) groups is 1. The average molecular weight is 298 g/mol. The van der Waals surface area contributed by atoms with E-state index in [0.717, 1.165) is 11.1 Å². The lowest BCUT2D eigenvalue weighted by Crippen LogP contribution is -2.24. The molecule has 0 saturated heterocycles. The monoisotopic (exact) mass is 298 g/mol. The lowest BCUT2D eigenvalue weighted by molar-refractivity contribution is -0.134. The molecule has 0 aliphatic carbocycles. The van der Waals surface area contributed by atoms with Gasteiger partial charge in [-0.05, 0) is 11.1 Å². The maximum atomic E-state index is 11.7. The van der Waals surface area contributed by atoms with Crippen LogP contribution in [0.1, 0.15) is 24.0 Å². The third-order valence-electron chi connectivity index (χ3n) is 3.08. The van der Waals surface area contributed by atoms with Gasteiger partial charge in [0.15, 0.2) is 0 Å². The van der Waals surface area contributed by atoms with Crippen LogP contribution in [-0.4, -0.2) is 16.8 Å². The summed E-state index contributed by atoms with van der Waals surface area (Å²) < 4.78 is 0. The highest BCUT2D eigenvalue weighted by Gasteiger charge is 2.08. The van der Waals surface area contributed by atoms with Crippen LogP contribution in [0, 0.1) is 0 Å². The Morgan fingerprint density at radius 2 is 1.64 bits per heavy atom. The third-order valence-corrected chi connectivity index (χ3v) is 3.08. The van der Waals surface area contributed by atoms with Gasteiger partial charge in [-0.25, -0.2) is 5.48 Å². The summed E-state index contributed by atoms with van der Waals surface area (Å²) in [6.07, 6.45) is 0.518. The van der Waals surface area contributed by atoms with Crippen LogP contribution < -0.4 is 5.48 Å². The first-order valence-electron chi connectivity index (χ1n) is 7.00. The quantitative estimate of drug-likeness (QED) is 0.469. The molecule has 2 N–H and O–H groups in total. The molecule has 5 heteroatoms. The van der Waals surface area contributed by atoms with E-state index in [-0.39, 0.29) is 12.3 Å². The van der Waals surface area contributed by atoms with Crippen molar-refractivity contribution >= 4 is 11.6 Å². The average Bonchev–Trinajstić information content (AvgIpc) is 2.57. The van der Waals surface area contributed by atoms with Gasteiger partial charge in [-0.3, -0.25) is 9.63 Å². The summed E-state index contributed by atoms with van der Waals surface area (Å²) in [5, 5.41) is 12.3. The van der Waals surface area contributed by atoms with Crippen molar-refractivity contribution in [2.45, 2.75) is 19.4 Å². The van der Waals surface area contributed by atoms with Crippen LogP contribution in [0.2, 0.25) is 0 Å². The van der Waals surface area contributed by atoms with Crippen molar-refractivity contribution < 1.29 is 14.8 Å². The summed E-state index contributed by atoms with van der Waals surface area (Å²) in [4.78, 5) is 16.9. The first-order chi connectivity index (χ1) is 10.8. The van der Waals surface area contributed by atoms with Crippen molar-refractivity contribution in [1.82, 2.24) is 5.48 Å². The lowest BCUT2D eigenvalue weighted by atomic mass is 10.1. The Morgan fingerprint density at radius 1 is 1.00 bits per heavy atom. The van der Waals surface area contributed by atoms with Gasteiger partial charge in [-0.1, -0.05) is 65.8 Å². The highest BCUT2D eigenvalue weighted by atomic mass is 16.6. The molecule has 0 aliphatic rings. The fourth-order valence-electron chi connectivity index (χ4n) is 1.94. The molecule has 2 aromatic carbocycles. The number of rotatable bonds is 7. The number of benzene rings is 2. The minimum atomic E-state index is -0.256. The molecule has 0 radical (unpaired) electrons. The molecule has 22 heavy (non-hydrogen) atoms. The number of nitrogens with zero attached hydrogens (tertiary/aromatic N) is 1. The van der Waals surface area contributed by atoms with Crippen molar-refractivity contribution in [3.63, 3.8) is 0 Å². The number of hydrogen-bond donors (Lipinski definition) is 2. The molecular formula is C17H18N2O3. The van der Waals surface area contributed by atoms with Gasteiger partial charge in [0.25, 0.3) is 0 Å². The van der Waals surface area contributed by atoms with Crippen LogP contribution in [0.5, 0.6) is 0 Å². The van der Waals surface area contributed by atoms with Crippen LogP contribution in [0.4, 0.5) is 0 Å². The summed E-state index contributed by atoms with van der Waals surface area (Å²) in [5.41, 5.74) is 4.63. The topological polar surface area (TPSA) is 70.9 Å². The predicted octanol–water partition coefficient (Wildman–Crippen LogP) is 2.89. The van der Waals surface area contributed by atoms with Gasteiger partial charge in [0.1, 0.15) is 0 Å². The minimum absolute atomic E-state index is 0.184. The van der Waals surface area contributed by atoms with E-state index in [2.05, 4.69) is 10.6 Å². The highest BCUT2D eigenvalue weighted by molar-refractivity contribution is 6.01. The Labute approximate surface area is 129 Å². The maximum Gasteiger partial charge on any atom is 0.243 e. The van der Waals surface area contributed by atoms with Crippen LogP contribution in [0.15, 0.2) is 65.8 Å². The fraction of sp³-hybridized carbons (Fsp3) is 0.176. The van der Waals surface area contributed by atoms with E-state index in [1.165, 1.54) is 0 Å². The van der Waals surface area contributed by atoms with E-state index in [1.807, 2.05) is 60.7 Å². The summed E-state index contributed by atoms with van der Waals surface area (Å²) in [6.45, 7) is 0.312. The summed E-state index contributed by atoms with van der Waals surface area (Å²) in [6, 6.07) is 18.8.